The molecule has 0 rings (SSSR count). The van der Waals surface area contributed by atoms with Crippen LogP contribution in [0.5, 0.6) is 0 Å². The Hall–Kier alpha value is 0.430. The largest absolute Gasteiger partial charge is 0.465 e. The van der Waals surface area contributed by atoms with Gasteiger partial charge in [0.15, 0.2) is 0 Å². The average Bonchev–Trinajstić information content (AvgIpc) is 1.95. The van der Waals surface area contributed by atoms with E-state index in [0.29, 0.717) is 10.3 Å². The van der Waals surface area contributed by atoms with Gasteiger partial charge >= 0.3 is 5.97 Å². The first-order valence-electron chi connectivity index (χ1n) is 4.29. The highest BCUT2D eigenvalue weighted by Crippen LogP contribution is 2.17. The molecule has 0 aromatic carbocycles. The third-order valence-corrected chi connectivity index (χ3v) is 2.33. The van der Waals surface area contributed by atoms with Crippen LogP contribution in [0, 0.1) is 5.41 Å². The minimum Gasteiger partial charge on any atom is -0.465 e. The molecule has 0 heterocycles. The maximum Gasteiger partial charge on any atom is 0.311 e. The van der Waals surface area contributed by atoms with Gasteiger partial charge in [-0.25, -0.2) is 0 Å². The van der Waals surface area contributed by atoms with Gasteiger partial charge in [0.2, 0.25) is 0 Å². The van der Waals surface area contributed by atoms with Crippen LogP contribution in [0.25, 0.3) is 0 Å². The Morgan fingerprint density at radius 2 is 1.92 bits per heavy atom. The molecule has 0 aromatic rings. The summed E-state index contributed by atoms with van der Waals surface area (Å²) < 4.78 is 5.39. The first kappa shape index (κ1) is 13.4. The molecule has 0 radical (unpaired) electrons. The standard InChI is InChI=1S/C9H16Br2O2/c1-9(2,3)8(12)13-6-4-5-7(10)11/h7H,4-6H2,1-3H3. The molecule has 78 valence electrons. The monoisotopic (exact) mass is 314 g/mol. The van der Waals surface area contributed by atoms with Gasteiger partial charge in [0.05, 0.1) is 15.8 Å². The zero-order chi connectivity index (χ0) is 10.5. The summed E-state index contributed by atoms with van der Waals surface area (Å²) in [5.41, 5.74) is -0.387. The quantitative estimate of drug-likeness (QED) is 0.451. The van der Waals surface area contributed by atoms with Crippen molar-refractivity contribution in [2.24, 2.45) is 5.41 Å². The second-order valence-electron chi connectivity index (χ2n) is 3.92. The lowest BCUT2D eigenvalue weighted by Crippen LogP contribution is -2.23. The highest BCUT2D eigenvalue weighted by molar-refractivity contribution is 9.24. The Bertz CT molecular complexity index is 161. The van der Waals surface area contributed by atoms with Crippen LogP contribution in [-0.2, 0) is 9.53 Å². The smallest absolute Gasteiger partial charge is 0.311 e. The number of carbonyl (C=O) groups excluding carboxylic acids is 1. The molecule has 0 unspecified atom stereocenters. The third-order valence-electron chi connectivity index (χ3n) is 1.41. The number of esters is 1. The van der Waals surface area contributed by atoms with E-state index < -0.39 is 0 Å². The van der Waals surface area contributed by atoms with Gasteiger partial charge < -0.3 is 4.74 Å². The van der Waals surface area contributed by atoms with E-state index in [-0.39, 0.29) is 11.4 Å². The zero-order valence-corrected chi connectivity index (χ0v) is 11.4. The summed E-state index contributed by atoms with van der Waals surface area (Å²) in [5, 5.41) is 0. The Balaban J connectivity index is 3.49. The molecule has 4 heteroatoms. The second-order valence-corrected chi connectivity index (χ2v) is 7.36. The summed E-state index contributed by atoms with van der Waals surface area (Å²) in [5.74, 6) is -0.131. The molecule has 2 nitrogen and oxygen atoms in total. The molecular weight excluding hydrogens is 300 g/mol. The van der Waals surface area contributed by atoms with Crippen LogP contribution < -0.4 is 0 Å². The first-order valence-corrected chi connectivity index (χ1v) is 6.12. The van der Waals surface area contributed by atoms with E-state index in [4.69, 9.17) is 4.74 Å². The van der Waals surface area contributed by atoms with Gasteiger partial charge in [-0.3, -0.25) is 4.79 Å². The minimum absolute atomic E-state index is 0.131. The third kappa shape index (κ3) is 7.50. The molecule has 13 heavy (non-hydrogen) atoms. The van der Waals surface area contributed by atoms with Crippen molar-refractivity contribution in [2.75, 3.05) is 6.61 Å². The molecule has 0 aliphatic rings. The van der Waals surface area contributed by atoms with Crippen molar-refractivity contribution in [1.82, 2.24) is 0 Å². The van der Waals surface area contributed by atoms with Crippen molar-refractivity contribution in [2.45, 2.75) is 37.3 Å². The van der Waals surface area contributed by atoms with Gasteiger partial charge in [0.1, 0.15) is 0 Å². The molecule has 0 saturated carbocycles. The van der Waals surface area contributed by atoms with Crippen molar-refractivity contribution in [3.05, 3.63) is 0 Å². The van der Waals surface area contributed by atoms with Crippen LogP contribution in [0.3, 0.4) is 0 Å². The first-order chi connectivity index (χ1) is 5.84. The number of ether oxygens (including phenoxy) is 1. The Morgan fingerprint density at radius 1 is 1.38 bits per heavy atom. The minimum atomic E-state index is -0.387. The lowest BCUT2D eigenvalue weighted by molar-refractivity contribution is -0.153. The van der Waals surface area contributed by atoms with Gasteiger partial charge in [-0.15, -0.1) is 0 Å². The van der Waals surface area contributed by atoms with Crippen LogP contribution in [0.4, 0.5) is 0 Å². The molecule has 0 saturated heterocycles. The van der Waals surface area contributed by atoms with E-state index in [2.05, 4.69) is 31.9 Å². The second kappa shape index (κ2) is 6.02. The Morgan fingerprint density at radius 3 is 2.31 bits per heavy atom. The van der Waals surface area contributed by atoms with Crippen LogP contribution in [0.15, 0.2) is 0 Å². The Kier molecular flexibility index (Phi) is 6.21. The van der Waals surface area contributed by atoms with E-state index in [9.17, 15) is 4.79 Å². The van der Waals surface area contributed by atoms with Crippen LogP contribution in [0.2, 0.25) is 0 Å². The summed E-state index contributed by atoms with van der Waals surface area (Å²) in [6.45, 7) is 6.07. The van der Waals surface area contributed by atoms with Crippen LogP contribution in [0.1, 0.15) is 33.6 Å². The lowest BCUT2D eigenvalue weighted by Gasteiger charge is -2.16. The van der Waals surface area contributed by atoms with E-state index in [1.54, 1.807) is 0 Å². The van der Waals surface area contributed by atoms with E-state index in [1.165, 1.54) is 0 Å². The van der Waals surface area contributed by atoms with Crippen LogP contribution >= 0.6 is 31.9 Å². The van der Waals surface area contributed by atoms with Gasteiger partial charge in [0, 0.05) is 0 Å². The molecule has 0 N–H and O–H groups in total. The summed E-state index contributed by atoms with van der Waals surface area (Å²) in [6.07, 6.45) is 1.83. The van der Waals surface area contributed by atoms with Crippen molar-refractivity contribution in [3.8, 4) is 0 Å². The van der Waals surface area contributed by atoms with E-state index in [0.717, 1.165) is 12.8 Å². The summed E-state index contributed by atoms with van der Waals surface area (Å²) in [4.78, 5) is 11.3. The summed E-state index contributed by atoms with van der Waals surface area (Å²) >= 11 is 6.71. The number of alkyl halides is 2. The molecule has 0 spiro atoms. The highest BCUT2D eigenvalue weighted by Gasteiger charge is 2.22. The van der Waals surface area contributed by atoms with Crippen molar-refractivity contribution in [1.29, 1.82) is 0 Å². The van der Waals surface area contributed by atoms with Crippen LogP contribution in [-0.4, -0.2) is 16.3 Å². The molecule has 0 aliphatic carbocycles. The lowest BCUT2D eigenvalue weighted by atomic mass is 9.97. The molecule has 0 bridgehead atoms. The molecule has 0 fully saturated rings. The predicted molar refractivity (Wildman–Crippen MR) is 61.3 cm³/mol. The van der Waals surface area contributed by atoms with E-state index >= 15 is 0 Å². The number of rotatable bonds is 4. The molecule has 0 aromatic heterocycles. The maximum atomic E-state index is 11.3. The highest BCUT2D eigenvalue weighted by atomic mass is 79.9. The summed E-state index contributed by atoms with van der Waals surface area (Å²) in [7, 11) is 0. The fourth-order valence-electron chi connectivity index (χ4n) is 0.619. The topological polar surface area (TPSA) is 26.3 Å². The maximum absolute atomic E-state index is 11.3. The van der Waals surface area contributed by atoms with Gasteiger partial charge in [0.25, 0.3) is 0 Å². The summed E-state index contributed by atoms with van der Waals surface area (Å²) in [6, 6.07) is 0. The van der Waals surface area contributed by atoms with Gasteiger partial charge in [-0.05, 0) is 33.6 Å². The zero-order valence-electron chi connectivity index (χ0n) is 8.27. The van der Waals surface area contributed by atoms with Crippen molar-refractivity contribution in [3.63, 3.8) is 0 Å². The predicted octanol–water partition coefficient (Wildman–Crippen LogP) is 3.47. The number of halogens is 2. The Labute approximate surface area is 96.7 Å². The molecule has 0 aliphatic heterocycles. The average molecular weight is 316 g/mol. The van der Waals surface area contributed by atoms with Gasteiger partial charge in [-0.2, -0.15) is 0 Å². The number of hydrogen-bond acceptors (Lipinski definition) is 2. The molecule has 0 amide bonds. The van der Waals surface area contributed by atoms with E-state index in [1.807, 2.05) is 20.8 Å². The van der Waals surface area contributed by atoms with Gasteiger partial charge in [-0.1, -0.05) is 31.9 Å². The number of hydrogen-bond donors (Lipinski definition) is 0. The molecular formula is C9H16Br2O2. The number of carbonyl (C=O) groups is 1. The van der Waals surface area contributed by atoms with Crippen molar-refractivity contribution >= 4 is 37.8 Å². The molecule has 0 atom stereocenters. The van der Waals surface area contributed by atoms with Crippen molar-refractivity contribution < 1.29 is 9.53 Å². The fraction of sp³-hybridized carbons (Fsp3) is 0.889. The normalized spacial score (nSPS) is 11.8. The SMILES string of the molecule is CC(C)(C)C(=O)OCCCC(Br)Br. The fourth-order valence-corrected chi connectivity index (χ4v) is 1.27.